The number of aliphatic hydroxyl groups is 2. The third-order valence-corrected chi connectivity index (χ3v) is 10.1. The van der Waals surface area contributed by atoms with E-state index in [1.807, 2.05) is 103 Å². The average molecular weight is 731 g/mol. The number of nitrogens with zero attached hydrogens (tertiary/aromatic N) is 3. The SMILES string of the molecule is C[C@H](/C=C/CC(=O)N(CCO)Cc1ccccc1)[C@@]1(O)C(=O)N(Cc2ccc(N3C(=O)c4cccc5cccc3c45)cc2)c2ccc(Br)cc21. The third-order valence-electron chi connectivity index (χ3n) is 9.64. The van der Waals surface area contributed by atoms with Gasteiger partial charge in [-0.05, 0) is 59.0 Å². The lowest BCUT2D eigenvalue weighted by Crippen LogP contribution is -2.44. The van der Waals surface area contributed by atoms with Gasteiger partial charge >= 0.3 is 0 Å². The number of fused-ring (bicyclic) bond motifs is 1. The standard InChI is InChI=1S/C41H36BrN3O5/c1-27(8-5-15-37(47)43(22-23-46)25-28-9-3-2-4-10-28)41(50)34-24-31(42)18-21-35(34)44(40(41)49)26-29-16-19-32(20-17-29)45-36-14-7-12-30-11-6-13-33(38(30)36)39(45)48/h2-14,16-21,24,27,46,50H,15,22-23,25-26H2,1H3/b8-5+/t27-,41+/m1/s1. The van der Waals surface area contributed by atoms with E-state index in [1.54, 1.807) is 39.8 Å². The van der Waals surface area contributed by atoms with Crippen LogP contribution in [0.2, 0.25) is 0 Å². The fourth-order valence-corrected chi connectivity index (χ4v) is 7.40. The van der Waals surface area contributed by atoms with Crippen molar-refractivity contribution in [2.75, 3.05) is 23.0 Å². The maximum absolute atomic E-state index is 14.2. The maximum atomic E-state index is 14.2. The molecule has 0 radical (unpaired) electrons. The summed E-state index contributed by atoms with van der Waals surface area (Å²) in [5, 5.41) is 23.7. The molecule has 2 N–H and O–H groups in total. The molecule has 5 aromatic carbocycles. The highest BCUT2D eigenvalue weighted by molar-refractivity contribution is 9.10. The molecule has 3 amide bonds. The van der Waals surface area contributed by atoms with Gasteiger partial charge in [0.25, 0.3) is 11.8 Å². The number of aliphatic hydroxyl groups excluding tert-OH is 1. The molecule has 2 heterocycles. The van der Waals surface area contributed by atoms with E-state index < -0.39 is 17.4 Å². The number of rotatable bonds is 11. The first-order valence-corrected chi connectivity index (χ1v) is 17.4. The summed E-state index contributed by atoms with van der Waals surface area (Å²) in [5.74, 6) is -1.36. The largest absolute Gasteiger partial charge is 0.395 e. The topological polar surface area (TPSA) is 101 Å². The van der Waals surface area contributed by atoms with Crippen molar-refractivity contribution in [3.63, 3.8) is 0 Å². The Kier molecular flexibility index (Phi) is 9.13. The molecule has 0 aliphatic carbocycles. The highest BCUT2D eigenvalue weighted by atomic mass is 79.9. The average Bonchev–Trinajstić information content (AvgIpc) is 3.53. The molecular weight excluding hydrogens is 694 g/mol. The molecule has 0 aromatic heterocycles. The van der Waals surface area contributed by atoms with Crippen LogP contribution in [0, 0.1) is 5.92 Å². The van der Waals surface area contributed by atoms with Gasteiger partial charge in [-0.25, -0.2) is 0 Å². The van der Waals surface area contributed by atoms with Crippen molar-refractivity contribution in [2.45, 2.75) is 32.0 Å². The van der Waals surface area contributed by atoms with Gasteiger partial charge in [0.2, 0.25) is 5.91 Å². The van der Waals surface area contributed by atoms with Crippen LogP contribution >= 0.6 is 15.9 Å². The number of carbonyl (C=O) groups excluding carboxylic acids is 3. The lowest BCUT2D eigenvalue weighted by molar-refractivity contribution is -0.139. The Bertz CT molecular complexity index is 2130. The van der Waals surface area contributed by atoms with Crippen LogP contribution in [0.1, 0.15) is 40.4 Å². The Balaban J connectivity index is 1.09. The summed E-state index contributed by atoms with van der Waals surface area (Å²) in [6.07, 6.45) is 3.46. The fourth-order valence-electron chi connectivity index (χ4n) is 7.04. The number of hydrogen-bond acceptors (Lipinski definition) is 5. The van der Waals surface area contributed by atoms with Crippen LogP contribution in [0.25, 0.3) is 10.8 Å². The lowest BCUT2D eigenvalue weighted by Gasteiger charge is -2.28. The van der Waals surface area contributed by atoms with E-state index in [-0.39, 0.29) is 37.9 Å². The van der Waals surface area contributed by atoms with Crippen LogP contribution in [0.15, 0.2) is 126 Å². The van der Waals surface area contributed by atoms with Crippen LogP contribution < -0.4 is 9.80 Å². The smallest absolute Gasteiger partial charge is 0.264 e. The summed E-state index contributed by atoms with van der Waals surface area (Å²) < 4.78 is 0.729. The van der Waals surface area contributed by atoms with Crippen LogP contribution in [0.3, 0.4) is 0 Å². The van der Waals surface area contributed by atoms with Crippen LogP contribution in [-0.2, 0) is 28.3 Å². The second kappa shape index (κ2) is 13.7. The predicted octanol–water partition coefficient (Wildman–Crippen LogP) is 7.23. The van der Waals surface area contributed by atoms with Crippen molar-refractivity contribution in [1.82, 2.24) is 4.90 Å². The van der Waals surface area contributed by atoms with Crippen molar-refractivity contribution in [3.8, 4) is 0 Å². The second-order valence-electron chi connectivity index (χ2n) is 12.8. The first kappa shape index (κ1) is 33.4. The molecule has 0 spiro atoms. The van der Waals surface area contributed by atoms with Crippen molar-refractivity contribution in [3.05, 3.63) is 148 Å². The summed E-state index contributed by atoms with van der Waals surface area (Å²) >= 11 is 3.51. The Labute approximate surface area is 299 Å². The van der Waals surface area contributed by atoms with Gasteiger partial charge in [0.1, 0.15) is 0 Å². The Morgan fingerprint density at radius 1 is 0.900 bits per heavy atom. The minimum atomic E-state index is -1.86. The number of hydrogen-bond donors (Lipinski definition) is 2. The van der Waals surface area contributed by atoms with Crippen LogP contribution in [0.4, 0.5) is 17.1 Å². The molecule has 9 heteroatoms. The van der Waals surface area contributed by atoms with E-state index in [0.29, 0.717) is 23.4 Å². The van der Waals surface area contributed by atoms with E-state index >= 15 is 0 Å². The molecule has 0 saturated carbocycles. The maximum Gasteiger partial charge on any atom is 0.264 e. The van der Waals surface area contributed by atoms with Gasteiger partial charge in [0.05, 0.1) is 30.1 Å². The molecular formula is C41H36BrN3O5. The molecule has 8 nitrogen and oxygen atoms in total. The molecule has 2 aliphatic rings. The molecule has 0 fully saturated rings. The van der Waals surface area contributed by atoms with E-state index in [0.717, 1.165) is 37.7 Å². The minimum absolute atomic E-state index is 0.0575. The summed E-state index contributed by atoms with van der Waals surface area (Å²) in [6, 6.07) is 34.2. The molecule has 50 heavy (non-hydrogen) atoms. The lowest BCUT2D eigenvalue weighted by atomic mass is 9.83. The van der Waals surface area contributed by atoms with Gasteiger partial charge < -0.3 is 20.0 Å². The van der Waals surface area contributed by atoms with Gasteiger partial charge in [-0.2, -0.15) is 0 Å². The normalized spacial score (nSPS) is 17.2. The first-order valence-electron chi connectivity index (χ1n) is 16.6. The number of amides is 3. The molecule has 252 valence electrons. The van der Waals surface area contributed by atoms with Gasteiger partial charge in [-0.15, -0.1) is 0 Å². The number of halogens is 1. The van der Waals surface area contributed by atoms with Crippen LogP contribution in [-0.4, -0.2) is 46.0 Å². The molecule has 0 unspecified atom stereocenters. The Morgan fingerprint density at radius 2 is 1.64 bits per heavy atom. The Morgan fingerprint density at radius 3 is 2.38 bits per heavy atom. The quantitative estimate of drug-likeness (QED) is 0.140. The summed E-state index contributed by atoms with van der Waals surface area (Å²) in [7, 11) is 0. The fraction of sp³-hybridized carbons (Fsp3) is 0.195. The van der Waals surface area contributed by atoms with Crippen molar-refractivity contribution in [2.24, 2.45) is 5.92 Å². The van der Waals surface area contributed by atoms with E-state index in [1.165, 1.54) is 0 Å². The molecule has 0 saturated heterocycles. The van der Waals surface area contributed by atoms with Gasteiger partial charge in [-0.3, -0.25) is 19.3 Å². The van der Waals surface area contributed by atoms with Gasteiger partial charge in [-0.1, -0.05) is 102 Å². The molecule has 2 aliphatic heterocycles. The predicted molar refractivity (Wildman–Crippen MR) is 198 cm³/mol. The minimum Gasteiger partial charge on any atom is -0.395 e. The molecule has 7 rings (SSSR count). The van der Waals surface area contributed by atoms with Gasteiger partial charge in [0, 0.05) is 46.5 Å². The number of benzene rings is 5. The summed E-state index contributed by atoms with van der Waals surface area (Å²) in [6.45, 7) is 2.40. The zero-order valence-corrected chi connectivity index (χ0v) is 29.1. The Hall–Kier alpha value is -5.09. The molecule has 5 aromatic rings. The highest BCUT2D eigenvalue weighted by Crippen LogP contribution is 2.47. The van der Waals surface area contributed by atoms with Crippen LogP contribution in [0.5, 0.6) is 0 Å². The number of anilines is 3. The summed E-state index contributed by atoms with van der Waals surface area (Å²) in [4.78, 5) is 45.6. The first-order chi connectivity index (χ1) is 24.2. The van der Waals surface area contributed by atoms with Crippen molar-refractivity contribution >= 4 is 61.5 Å². The van der Waals surface area contributed by atoms with Gasteiger partial charge in [0.15, 0.2) is 5.60 Å². The van der Waals surface area contributed by atoms with E-state index in [2.05, 4.69) is 15.9 Å². The van der Waals surface area contributed by atoms with Crippen molar-refractivity contribution < 1.29 is 24.6 Å². The monoisotopic (exact) mass is 729 g/mol. The molecule has 0 bridgehead atoms. The second-order valence-corrected chi connectivity index (χ2v) is 13.7. The number of carbonyl (C=O) groups is 3. The molecule has 2 atom stereocenters. The van der Waals surface area contributed by atoms with E-state index in [4.69, 9.17) is 0 Å². The highest BCUT2D eigenvalue weighted by Gasteiger charge is 2.52. The van der Waals surface area contributed by atoms with Crippen molar-refractivity contribution in [1.29, 1.82) is 0 Å². The third kappa shape index (κ3) is 5.91. The zero-order chi connectivity index (χ0) is 35.0. The zero-order valence-electron chi connectivity index (χ0n) is 27.5. The summed E-state index contributed by atoms with van der Waals surface area (Å²) in [5.41, 5.74) is 3.27. The van der Waals surface area contributed by atoms with E-state index in [9.17, 15) is 24.6 Å².